The Morgan fingerprint density at radius 2 is 1.65 bits per heavy atom. The van der Waals surface area contributed by atoms with Crippen LogP contribution in [0.3, 0.4) is 0 Å². The average molecular weight is 441 g/mol. The smallest absolute Gasteiger partial charge is 0.255 e. The summed E-state index contributed by atoms with van der Waals surface area (Å²) in [6.07, 6.45) is 1.91. The van der Waals surface area contributed by atoms with Gasteiger partial charge in [-0.05, 0) is 66.4 Å². The van der Waals surface area contributed by atoms with E-state index in [0.717, 1.165) is 29.5 Å². The molecule has 0 aliphatic carbocycles. The van der Waals surface area contributed by atoms with E-state index in [1.807, 2.05) is 32.0 Å². The first-order chi connectivity index (χ1) is 14.7. The van der Waals surface area contributed by atoms with Gasteiger partial charge in [-0.15, -0.1) is 0 Å². The number of hydrogen-bond donors (Lipinski definition) is 1. The van der Waals surface area contributed by atoms with E-state index in [0.29, 0.717) is 16.8 Å². The molecule has 0 spiro atoms. The van der Waals surface area contributed by atoms with Crippen molar-refractivity contribution in [1.29, 1.82) is 0 Å². The molecule has 0 bridgehead atoms. The molecule has 7 heteroatoms. The van der Waals surface area contributed by atoms with Crippen LogP contribution in [0.2, 0.25) is 0 Å². The Labute approximate surface area is 182 Å². The number of hydrogen-bond acceptors (Lipinski definition) is 3. The molecule has 5 nitrogen and oxygen atoms in total. The molecule has 31 heavy (non-hydrogen) atoms. The molecule has 3 aromatic rings. The molecule has 162 valence electrons. The third kappa shape index (κ3) is 5.49. The summed E-state index contributed by atoms with van der Waals surface area (Å²) in [4.78, 5) is 12.8. The number of nitrogens with one attached hydrogen (secondary N) is 1. The SMILES string of the molecule is CCc1cccc(C)c1NC(=O)c1ccc(N(Cc2ccc(F)cc2)S(C)(=O)=O)cc1. The van der Waals surface area contributed by atoms with Crippen LogP contribution in [-0.2, 0) is 23.0 Å². The Hall–Kier alpha value is -3.19. The highest BCUT2D eigenvalue weighted by atomic mass is 32.2. The standard InChI is InChI=1S/C24H25FN2O3S/c1-4-19-7-5-6-17(2)23(19)26-24(28)20-10-14-22(15-11-20)27(31(3,29)30)16-18-8-12-21(25)13-9-18/h5-15H,4,16H2,1-3H3,(H,26,28). The van der Waals surface area contributed by atoms with Crippen molar-refractivity contribution in [2.24, 2.45) is 0 Å². The van der Waals surface area contributed by atoms with Gasteiger partial charge in [-0.3, -0.25) is 9.10 Å². The van der Waals surface area contributed by atoms with Gasteiger partial charge < -0.3 is 5.32 Å². The highest BCUT2D eigenvalue weighted by Crippen LogP contribution is 2.24. The Bertz CT molecular complexity index is 1170. The third-order valence-corrected chi connectivity index (χ3v) is 6.18. The van der Waals surface area contributed by atoms with Crippen molar-refractivity contribution in [3.63, 3.8) is 0 Å². The molecule has 3 rings (SSSR count). The van der Waals surface area contributed by atoms with Gasteiger partial charge in [0.15, 0.2) is 0 Å². The summed E-state index contributed by atoms with van der Waals surface area (Å²) in [6.45, 7) is 4.03. The Kier molecular flexibility index (Phi) is 6.75. The normalized spacial score (nSPS) is 11.2. The maximum atomic E-state index is 13.2. The van der Waals surface area contributed by atoms with E-state index < -0.39 is 10.0 Å². The number of carbonyl (C=O) groups is 1. The third-order valence-electron chi connectivity index (χ3n) is 5.04. The second kappa shape index (κ2) is 9.31. The van der Waals surface area contributed by atoms with Crippen LogP contribution in [0.25, 0.3) is 0 Å². The fourth-order valence-electron chi connectivity index (χ4n) is 3.32. The molecule has 1 N–H and O–H groups in total. The fraction of sp³-hybridized carbons (Fsp3) is 0.208. The van der Waals surface area contributed by atoms with E-state index in [1.54, 1.807) is 36.4 Å². The first kappa shape index (κ1) is 22.5. The number of carbonyl (C=O) groups excluding carboxylic acids is 1. The topological polar surface area (TPSA) is 66.5 Å². The van der Waals surface area contributed by atoms with Crippen LogP contribution in [0.5, 0.6) is 0 Å². The first-order valence-electron chi connectivity index (χ1n) is 9.91. The number of anilines is 2. The number of benzene rings is 3. The van der Waals surface area contributed by atoms with Crippen LogP contribution in [0, 0.1) is 12.7 Å². The minimum Gasteiger partial charge on any atom is -0.321 e. The fourth-order valence-corrected chi connectivity index (χ4v) is 4.21. The van der Waals surface area contributed by atoms with Gasteiger partial charge in [0, 0.05) is 11.3 Å². The van der Waals surface area contributed by atoms with Gasteiger partial charge in [-0.2, -0.15) is 0 Å². The summed E-state index contributed by atoms with van der Waals surface area (Å²) in [5.41, 5.74) is 4.32. The molecule has 0 saturated carbocycles. The second-order valence-electron chi connectivity index (χ2n) is 7.36. The van der Waals surface area contributed by atoms with Crippen LogP contribution in [0.1, 0.15) is 34.0 Å². The molecule has 0 atom stereocenters. The zero-order chi connectivity index (χ0) is 22.6. The Morgan fingerprint density at radius 1 is 1.00 bits per heavy atom. The predicted octanol–water partition coefficient (Wildman–Crippen LogP) is 4.92. The number of sulfonamides is 1. The number of halogens is 1. The zero-order valence-electron chi connectivity index (χ0n) is 17.7. The van der Waals surface area contributed by atoms with Crippen molar-refractivity contribution >= 4 is 27.3 Å². The summed E-state index contributed by atoms with van der Waals surface area (Å²) in [7, 11) is -3.58. The second-order valence-corrected chi connectivity index (χ2v) is 9.27. The van der Waals surface area contributed by atoms with Crippen LogP contribution in [-0.4, -0.2) is 20.6 Å². The molecule has 0 aliphatic heterocycles. The van der Waals surface area contributed by atoms with E-state index in [1.165, 1.54) is 16.4 Å². The summed E-state index contributed by atoms with van der Waals surface area (Å²) in [5.74, 6) is -0.648. The maximum absolute atomic E-state index is 13.2. The number of amides is 1. The molecule has 3 aromatic carbocycles. The number of rotatable bonds is 7. The molecule has 0 radical (unpaired) electrons. The van der Waals surface area contributed by atoms with Gasteiger partial charge in [0.1, 0.15) is 5.82 Å². The van der Waals surface area contributed by atoms with Crippen molar-refractivity contribution in [2.45, 2.75) is 26.8 Å². The minimum atomic E-state index is -3.58. The largest absolute Gasteiger partial charge is 0.321 e. The molecule has 0 aromatic heterocycles. The number of nitrogens with zero attached hydrogens (tertiary/aromatic N) is 1. The zero-order valence-corrected chi connectivity index (χ0v) is 18.5. The average Bonchev–Trinajstić information content (AvgIpc) is 2.74. The van der Waals surface area contributed by atoms with Gasteiger partial charge in [0.05, 0.1) is 18.5 Å². The summed E-state index contributed by atoms with van der Waals surface area (Å²) >= 11 is 0. The maximum Gasteiger partial charge on any atom is 0.255 e. The number of para-hydroxylation sites is 1. The van der Waals surface area contributed by atoms with Crippen molar-refractivity contribution in [2.75, 3.05) is 15.9 Å². The first-order valence-corrected chi connectivity index (χ1v) is 11.8. The van der Waals surface area contributed by atoms with Crippen molar-refractivity contribution in [1.82, 2.24) is 0 Å². The number of aryl methyl sites for hydroxylation is 2. The van der Waals surface area contributed by atoms with E-state index >= 15 is 0 Å². The van der Waals surface area contributed by atoms with E-state index in [9.17, 15) is 17.6 Å². The van der Waals surface area contributed by atoms with Gasteiger partial charge in [-0.1, -0.05) is 37.3 Å². The van der Waals surface area contributed by atoms with Gasteiger partial charge in [0.25, 0.3) is 5.91 Å². The highest BCUT2D eigenvalue weighted by Gasteiger charge is 2.19. The lowest BCUT2D eigenvalue weighted by molar-refractivity contribution is 0.102. The quantitative estimate of drug-likeness (QED) is 0.567. The molecule has 0 unspecified atom stereocenters. The van der Waals surface area contributed by atoms with Gasteiger partial charge >= 0.3 is 0 Å². The van der Waals surface area contributed by atoms with Crippen LogP contribution < -0.4 is 9.62 Å². The van der Waals surface area contributed by atoms with Crippen molar-refractivity contribution in [3.05, 3.63) is 94.8 Å². The van der Waals surface area contributed by atoms with Crippen molar-refractivity contribution in [3.8, 4) is 0 Å². The minimum absolute atomic E-state index is 0.0632. The lowest BCUT2D eigenvalue weighted by atomic mass is 10.1. The lowest BCUT2D eigenvalue weighted by Crippen LogP contribution is -2.29. The monoisotopic (exact) mass is 440 g/mol. The Balaban J connectivity index is 1.83. The lowest BCUT2D eigenvalue weighted by Gasteiger charge is -2.23. The molecule has 0 heterocycles. The summed E-state index contributed by atoms with van der Waals surface area (Å²) in [5, 5.41) is 2.96. The van der Waals surface area contributed by atoms with Crippen LogP contribution >= 0.6 is 0 Å². The van der Waals surface area contributed by atoms with Crippen molar-refractivity contribution < 1.29 is 17.6 Å². The molecule has 0 aliphatic rings. The highest BCUT2D eigenvalue weighted by molar-refractivity contribution is 7.92. The summed E-state index contributed by atoms with van der Waals surface area (Å²) < 4.78 is 39.1. The Morgan fingerprint density at radius 3 is 2.23 bits per heavy atom. The molecule has 0 fully saturated rings. The van der Waals surface area contributed by atoms with E-state index in [2.05, 4.69) is 5.32 Å². The van der Waals surface area contributed by atoms with Crippen LogP contribution in [0.4, 0.5) is 15.8 Å². The summed E-state index contributed by atoms with van der Waals surface area (Å²) in [6, 6.07) is 17.9. The van der Waals surface area contributed by atoms with Gasteiger partial charge in [0.2, 0.25) is 10.0 Å². The van der Waals surface area contributed by atoms with Gasteiger partial charge in [-0.25, -0.2) is 12.8 Å². The molecule has 1 amide bonds. The van der Waals surface area contributed by atoms with Crippen LogP contribution in [0.15, 0.2) is 66.7 Å². The molecular formula is C24H25FN2O3S. The van der Waals surface area contributed by atoms with E-state index in [-0.39, 0.29) is 18.3 Å². The predicted molar refractivity (Wildman–Crippen MR) is 122 cm³/mol. The molecule has 0 saturated heterocycles. The molecular weight excluding hydrogens is 415 g/mol. The van der Waals surface area contributed by atoms with E-state index in [4.69, 9.17) is 0 Å².